The highest BCUT2D eigenvalue weighted by Crippen LogP contribution is 2.34. The summed E-state index contributed by atoms with van der Waals surface area (Å²) in [5.74, 6) is 0.216. The van der Waals surface area contributed by atoms with E-state index < -0.39 is 18.6 Å². The number of nitrogens with zero attached hydrogens (tertiary/aromatic N) is 1. The molecular formula is C14H12F3N3O3. The lowest BCUT2D eigenvalue weighted by molar-refractivity contribution is -0.123. The molecule has 3 rings (SSSR count). The van der Waals surface area contributed by atoms with Crippen LogP contribution in [0.25, 0.3) is 11.3 Å². The van der Waals surface area contributed by atoms with Crippen molar-refractivity contribution in [2.24, 2.45) is 0 Å². The molecule has 0 spiro atoms. The molecule has 1 aliphatic heterocycles. The Labute approximate surface area is 128 Å². The Morgan fingerprint density at radius 1 is 1.26 bits per heavy atom. The third-order valence-corrected chi connectivity index (χ3v) is 3.16. The third kappa shape index (κ3) is 3.38. The molecule has 0 radical (unpaired) electrons. The fourth-order valence-electron chi connectivity index (χ4n) is 2.15. The first-order chi connectivity index (χ1) is 10.9. The number of rotatable bonds is 3. The van der Waals surface area contributed by atoms with Gasteiger partial charge in [-0.2, -0.15) is 18.3 Å². The van der Waals surface area contributed by atoms with Crippen molar-refractivity contribution in [1.29, 1.82) is 0 Å². The number of hydrogen-bond acceptors (Lipinski definition) is 4. The number of alkyl halides is 3. The fourth-order valence-corrected chi connectivity index (χ4v) is 2.15. The summed E-state index contributed by atoms with van der Waals surface area (Å²) in [5, 5.41) is 8.17. The molecule has 0 aliphatic carbocycles. The highest BCUT2D eigenvalue weighted by Gasteiger charge is 2.29. The Bertz CT molecular complexity index is 728. The monoisotopic (exact) mass is 327 g/mol. The molecule has 0 bridgehead atoms. The van der Waals surface area contributed by atoms with Crippen LogP contribution in [0, 0.1) is 0 Å². The third-order valence-electron chi connectivity index (χ3n) is 3.16. The van der Waals surface area contributed by atoms with Crippen molar-refractivity contribution < 1.29 is 27.4 Å². The quantitative estimate of drug-likeness (QED) is 0.906. The first kappa shape index (κ1) is 15.2. The molecule has 1 aromatic carbocycles. The minimum atomic E-state index is -4.48. The molecule has 0 saturated carbocycles. The first-order valence-corrected chi connectivity index (χ1v) is 6.72. The zero-order chi connectivity index (χ0) is 16.4. The van der Waals surface area contributed by atoms with Gasteiger partial charge in [0, 0.05) is 5.56 Å². The van der Waals surface area contributed by atoms with E-state index in [0.717, 1.165) is 0 Å². The number of aromatic amines is 1. The van der Waals surface area contributed by atoms with E-state index in [9.17, 15) is 18.0 Å². The van der Waals surface area contributed by atoms with Gasteiger partial charge in [0.25, 0.3) is 5.91 Å². The zero-order valence-electron chi connectivity index (χ0n) is 11.7. The second-order valence-electron chi connectivity index (χ2n) is 4.81. The van der Waals surface area contributed by atoms with Gasteiger partial charge in [-0.3, -0.25) is 9.89 Å². The highest BCUT2D eigenvalue weighted by molar-refractivity contribution is 5.99. The van der Waals surface area contributed by atoms with Crippen LogP contribution in [-0.2, 0) is 0 Å². The molecule has 0 atom stereocenters. The summed E-state index contributed by atoms with van der Waals surface area (Å²) in [5.41, 5.74) is 0.886. The fraction of sp³-hybridized carbons (Fsp3) is 0.286. The van der Waals surface area contributed by atoms with Crippen LogP contribution in [0.3, 0.4) is 0 Å². The van der Waals surface area contributed by atoms with Gasteiger partial charge in [0.05, 0.1) is 17.5 Å². The number of carbonyl (C=O) groups excluding carboxylic acids is 1. The average Bonchev–Trinajstić information content (AvgIpc) is 3.01. The van der Waals surface area contributed by atoms with Crippen LogP contribution in [0.5, 0.6) is 11.5 Å². The number of fused-ring (bicyclic) bond motifs is 1. The Hall–Kier alpha value is -2.71. The SMILES string of the molecule is O=C(NCC(F)(F)F)c1cn[nH]c1-c1ccc2c(c1)OCCO2. The minimum Gasteiger partial charge on any atom is -0.486 e. The molecule has 6 nitrogen and oxygen atoms in total. The molecule has 9 heteroatoms. The lowest BCUT2D eigenvalue weighted by Crippen LogP contribution is -2.33. The van der Waals surface area contributed by atoms with Crippen LogP contribution in [0.1, 0.15) is 10.4 Å². The van der Waals surface area contributed by atoms with Gasteiger partial charge in [0.15, 0.2) is 11.5 Å². The normalized spacial score (nSPS) is 13.7. The molecule has 2 heterocycles. The molecule has 0 saturated heterocycles. The summed E-state index contributed by atoms with van der Waals surface area (Å²) in [6.45, 7) is -0.558. The maximum Gasteiger partial charge on any atom is 0.405 e. The van der Waals surface area contributed by atoms with Gasteiger partial charge in [-0.25, -0.2) is 0 Å². The number of halogens is 3. The number of ether oxygens (including phenoxy) is 2. The summed E-state index contributed by atoms with van der Waals surface area (Å²) in [6, 6.07) is 4.98. The maximum atomic E-state index is 12.2. The molecular weight excluding hydrogens is 315 g/mol. The van der Waals surface area contributed by atoms with Gasteiger partial charge in [-0.15, -0.1) is 0 Å². The Balaban J connectivity index is 1.84. The molecule has 2 aromatic rings. The number of amides is 1. The number of H-pyrrole nitrogens is 1. The predicted octanol–water partition coefficient (Wildman–Crippen LogP) is 2.14. The van der Waals surface area contributed by atoms with Crippen LogP contribution < -0.4 is 14.8 Å². The maximum absolute atomic E-state index is 12.2. The van der Waals surface area contributed by atoms with Crippen molar-refractivity contribution in [2.75, 3.05) is 19.8 Å². The molecule has 1 aromatic heterocycles. The van der Waals surface area contributed by atoms with Crippen LogP contribution in [-0.4, -0.2) is 42.0 Å². The summed E-state index contributed by atoms with van der Waals surface area (Å²) in [4.78, 5) is 11.9. The van der Waals surface area contributed by atoms with Gasteiger partial charge in [0.1, 0.15) is 19.8 Å². The largest absolute Gasteiger partial charge is 0.486 e. The van der Waals surface area contributed by atoms with E-state index in [1.165, 1.54) is 6.20 Å². The molecule has 1 aliphatic rings. The summed E-state index contributed by atoms with van der Waals surface area (Å²) in [6.07, 6.45) is -3.30. The molecule has 0 unspecified atom stereocenters. The van der Waals surface area contributed by atoms with E-state index in [4.69, 9.17) is 9.47 Å². The van der Waals surface area contributed by atoms with E-state index in [-0.39, 0.29) is 5.56 Å². The van der Waals surface area contributed by atoms with Crippen LogP contribution in [0.15, 0.2) is 24.4 Å². The number of benzene rings is 1. The van der Waals surface area contributed by atoms with Crippen LogP contribution >= 0.6 is 0 Å². The van der Waals surface area contributed by atoms with Crippen molar-refractivity contribution in [2.45, 2.75) is 6.18 Å². The Morgan fingerprint density at radius 3 is 2.74 bits per heavy atom. The minimum absolute atomic E-state index is 0.0194. The second-order valence-corrected chi connectivity index (χ2v) is 4.81. The van der Waals surface area contributed by atoms with Gasteiger partial charge in [-0.1, -0.05) is 0 Å². The van der Waals surface area contributed by atoms with Gasteiger partial charge < -0.3 is 14.8 Å². The summed E-state index contributed by atoms with van der Waals surface area (Å²) >= 11 is 0. The van der Waals surface area contributed by atoms with Crippen molar-refractivity contribution in [3.8, 4) is 22.8 Å². The number of carbonyl (C=O) groups is 1. The van der Waals surface area contributed by atoms with Crippen LogP contribution in [0.2, 0.25) is 0 Å². The lowest BCUT2D eigenvalue weighted by atomic mass is 10.1. The second kappa shape index (κ2) is 5.82. The average molecular weight is 327 g/mol. The van der Waals surface area contributed by atoms with Crippen LogP contribution in [0.4, 0.5) is 13.2 Å². The summed E-state index contributed by atoms with van der Waals surface area (Å²) < 4.78 is 47.4. The van der Waals surface area contributed by atoms with Crippen molar-refractivity contribution in [1.82, 2.24) is 15.5 Å². The van der Waals surface area contributed by atoms with Crippen molar-refractivity contribution >= 4 is 5.91 Å². The molecule has 0 fully saturated rings. The van der Waals surface area contributed by atoms with E-state index in [0.29, 0.717) is 36.0 Å². The number of nitrogens with one attached hydrogen (secondary N) is 2. The molecule has 1 amide bonds. The molecule has 23 heavy (non-hydrogen) atoms. The van der Waals surface area contributed by atoms with E-state index in [1.807, 2.05) is 5.32 Å². The predicted molar refractivity (Wildman–Crippen MR) is 73.4 cm³/mol. The first-order valence-electron chi connectivity index (χ1n) is 6.72. The number of hydrogen-bond donors (Lipinski definition) is 2. The number of aromatic nitrogens is 2. The lowest BCUT2D eigenvalue weighted by Gasteiger charge is -2.18. The van der Waals surface area contributed by atoms with Gasteiger partial charge >= 0.3 is 6.18 Å². The topological polar surface area (TPSA) is 76.2 Å². The van der Waals surface area contributed by atoms with E-state index in [2.05, 4.69) is 10.2 Å². The van der Waals surface area contributed by atoms with Gasteiger partial charge in [0.2, 0.25) is 0 Å². The smallest absolute Gasteiger partial charge is 0.405 e. The van der Waals surface area contributed by atoms with E-state index in [1.54, 1.807) is 18.2 Å². The highest BCUT2D eigenvalue weighted by atomic mass is 19.4. The molecule has 122 valence electrons. The van der Waals surface area contributed by atoms with Gasteiger partial charge in [-0.05, 0) is 18.2 Å². The van der Waals surface area contributed by atoms with E-state index >= 15 is 0 Å². The standard InChI is InChI=1S/C14H12F3N3O3/c15-14(16,17)7-18-13(21)9-6-19-20-12(9)8-1-2-10-11(5-8)23-4-3-22-10/h1-2,5-6H,3-4,7H2,(H,18,21)(H,19,20). The van der Waals surface area contributed by atoms with Crippen molar-refractivity contribution in [3.05, 3.63) is 30.0 Å². The zero-order valence-corrected chi connectivity index (χ0v) is 11.7. The Morgan fingerprint density at radius 2 is 2.00 bits per heavy atom. The molecule has 2 N–H and O–H groups in total. The van der Waals surface area contributed by atoms with Crippen molar-refractivity contribution in [3.63, 3.8) is 0 Å². The summed E-state index contributed by atoms with van der Waals surface area (Å²) in [7, 11) is 0. The Kier molecular flexibility index (Phi) is 3.85.